The van der Waals surface area contributed by atoms with Crippen molar-refractivity contribution in [3.05, 3.63) is 58.3 Å². The van der Waals surface area contributed by atoms with Crippen LogP contribution in [-0.2, 0) is 11.2 Å². The number of carboxylic acids is 1. The number of ether oxygens (including phenoxy) is 2. The van der Waals surface area contributed by atoms with E-state index in [4.69, 9.17) is 14.6 Å². The molecule has 2 aromatic carbocycles. The van der Waals surface area contributed by atoms with Gasteiger partial charge in [-0.1, -0.05) is 15.9 Å². The molecule has 0 heterocycles. The zero-order valence-electron chi connectivity index (χ0n) is 12.3. The summed E-state index contributed by atoms with van der Waals surface area (Å²) in [7, 11) is 0. The molecule has 122 valence electrons. The van der Waals surface area contributed by atoms with Crippen LogP contribution in [0.5, 0.6) is 11.5 Å². The van der Waals surface area contributed by atoms with Gasteiger partial charge in [0.25, 0.3) is 0 Å². The summed E-state index contributed by atoms with van der Waals surface area (Å²) in [5.41, 5.74) is 0.823. The van der Waals surface area contributed by atoms with E-state index in [-0.39, 0.29) is 12.2 Å². The van der Waals surface area contributed by atoms with Crippen molar-refractivity contribution in [3.8, 4) is 11.5 Å². The number of hydrogen-bond donors (Lipinski definition) is 1. The molecule has 23 heavy (non-hydrogen) atoms. The van der Waals surface area contributed by atoms with Crippen LogP contribution < -0.4 is 9.47 Å². The highest BCUT2D eigenvalue weighted by molar-refractivity contribution is 9.10. The lowest BCUT2D eigenvalue weighted by atomic mass is 10.1. The van der Waals surface area contributed by atoms with Gasteiger partial charge in [0.15, 0.2) is 0 Å². The molecule has 0 amide bonds. The van der Waals surface area contributed by atoms with Crippen LogP contribution in [0, 0.1) is 5.82 Å². The summed E-state index contributed by atoms with van der Waals surface area (Å²) in [6.45, 7) is 0.610. The van der Waals surface area contributed by atoms with Crippen molar-refractivity contribution in [1.82, 2.24) is 0 Å². The minimum atomic E-state index is -0.851. The van der Waals surface area contributed by atoms with E-state index < -0.39 is 5.97 Å². The van der Waals surface area contributed by atoms with Gasteiger partial charge in [-0.25, -0.2) is 4.39 Å². The second-order valence-corrected chi connectivity index (χ2v) is 5.71. The zero-order chi connectivity index (χ0) is 16.7. The smallest absolute Gasteiger partial charge is 0.303 e. The molecule has 0 saturated heterocycles. The quantitative estimate of drug-likeness (QED) is 0.699. The normalized spacial score (nSPS) is 10.3. The predicted molar refractivity (Wildman–Crippen MR) is 87.5 cm³/mol. The average molecular weight is 383 g/mol. The Bertz CT molecular complexity index is 658. The lowest BCUT2D eigenvalue weighted by molar-refractivity contribution is -0.136. The fourth-order valence-corrected chi connectivity index (χ4v) is 2.38. The summed E-state index contributed by atoms with van der Waals surface area (Å²) in [6.07, 6.45) is 0.432. The van der Waals surface area contributed by atoms with Gasteiger partial charge in [-0.15, -0.1) is 0 Å². The molecule has 0 aliphatic carbocycles. The third-order valence-electron chi connectivity index (χ3n) is 3.05. The van der Waals surface area contributed by atoms with E-state index in [1.165, 1.54) is 12.1 Å². The summed E-state index contributed by atoms with van der Waals surface area (Å²) in [5.74, 6) is 0.0381. The Morgan fingerprint density at radius 2 is 1.78 bits per heavy atom. The Morgan fingerprint density at radius 3 is 2.48 bits per heavy atom. The molecular formula is C17H16BrFO4. The first-order valence-electron chi connectivity index (χ1n) is 7.06. The van der Waals surface area contributed by atoms with Gasteiger partial charge in [-0.3, -0.25) is 4.79 Å². The topological polar surface area (TPSA) is 55.8 Å². The number of halogens is 2. The number of rotatable bonds is 8. The van der Waals surface area contributed by atoms with Crippen LogP contribution in [-0.4, -0.2) is 24.3 Å². The first kappa shape index (κ1) is 17.3. The van der Waals surface area contributed by atoms with E-state index in [1.54, 1.807) is 18.2 Å². The molecule has 1 N–H and O–H groups in total. The van der Waals surface area contributed by atoms with Crippen molar-refractivity contribution in [2.75, 3.05) is 13.2 Å². The van der Waals surface area contributed by atoms with Crippen LogP contribution in [0.2, 0.25) is 0 Å². The van der Waals surface area contributed by atoms with Crippen molar-refractivity contribution in [2.45, 2.75) is 12.8 Å². The lowest BCUT2D eigenvalue weighted by Crippen LogP contribution is -2.10. The maximum absolute atomic E-state index is 12.8. The van der Waals surface area contributed by atoms with Crippen LogP contribution in [0.1, 0.15) is 12.0 Å². The van der Waals surface area contributed by atoms with Gasteiger partial charge in [0.2, 0.25) is 0 Å². The highest BCUT2D eigenvalue weighted by atomic mass is 79.9. The Balaban J connectivity index is 1.86. The molecule has 0 aliphatic rings. The molecule has 0 unspecified atom stereocenters. The van der Waals surface area contributed by atoms with Crippen LogP contribution in [0.4, 0.5) is 4.39 Å². The van der Waals surface area contributed by atoms with Crippen molar-refractivity contribution >= 4 is 21.9 Å². The van der Waals surface area contributed by atoms with E-state index >= 15 is 0 Å². The summed E-state index contributed by atoms with van der Waals surface area (Å²) < 4.78 is 24.8. The molecule has 0 spiro atoms. The lowest BCUT2D eigenvalue weighted by Gasteiger charge is -2.12. The third kappa shape index (κ3) is 5.90. The zero-order valence-corrected chi connectivity index (χ0v) is 13.9. The minimum absolute atomic E-state index is 0.0406. The summed E-state index contributed by atoms with van der Waals surface area (Å²) in [4.78, 5) is 10.7. The van der Waals surface area contributed by atoms with Gasteiger partial charge in [0, 0.05) is 10.9 Å². The van der Waals surface area contributed by atoms with Gasteiger partial charge >= 0.3 is 5.97 Å². The molecule has 0 aliphatic heterocycles. The molecule has 2 aromatic rings. The summed E-state index contributed by atoms with van der Waals surface area (Å²) in [6, 6.07) is 11.2. The van der Waals surface area contributed by atoms with E-state index in [2.05, 4.69) is 15.9 Å². The standard InChI is InChI=1S/C17H16BrFO4/c18-13-2-7-16(12(11-13)1-8-17(20)21)23-10-9-22-15-5-3-14(19)4-6-15/h2-7,11H,1,8-10H2,(H,20,21). The molecular weight excluding hydrogens is 367 g/mol. The van der Waals surface area contributed by atoms with Gasteiger partial charge in [0.1, 0.15) is 30.5 Å². The SMILES string of the molecule is O=C(O)CCc1cc(Br)ccc1OCCOc1ccc(F)cc1. The van der Waals surface area contributed by atoms with Crippen LogP contribution in [0.25, 0.3) is 0 Å². The molecule has 0 radical (unpaired) electrons. The summed E-state index contributed by atoms with van der Waals surface area (Å²) >= 11 is 3.36. The molecule has 0 aromatic heterocycles. The summed E-state index contributed by atoms with van der Waals surface area (Å²) in [5, 5.41) is 8.80. The van der Waals surface area contributed by atoms with E-state index in [0.29, 0.717) is 31.1 Å². The number of aliphatic carboxylic acids is 1. The number of hydrogen-bond acceptors (Lipinski definition) is 3. The second-order valence-electron chi connectivity index (χ2n) is 4.80. The Kier molecular flexibility index (Phi) is 6.40. The van der Waals surface area contributed by atoms with Crippen LogP contribution in [0.15, 0.2) is 46.9 Å². The number of carboxylic acid groups (broad SMARTS) is 1. The van der Waals surface area contributed by atoms with Crippen LogP contribution in [0.3, 0.4) is 0 Å². The molecule has 4 nitrogen and oxygen atoms in total. The highest BCUT2D eigenvalue weighted by Crippen LogP contribution is 2.24. The number of benzene rings is 2. The van der Waals surface area contributed by atoms with Crippen molar-refractivity contribution in [3.63, 3.8) is 0 Å². The van der Waals surface area contributed by atoms with Crippen molar-refractivity contribution in [2.24, 2.45) is 0 Å². The third-order valence-corrected chi connectivity index (χ3v) is 3.55. The number of carbonyl (C=O) groups is 1. The first-order valence-corrected chi connectivity index (χ1v) is 7.85. The monoisotopic (exact) mass is 382 g/mol. The molecule has 0 saturated carbocycles. The largest absolute Gasteiger partial charge is 0.490 e. The van der Waals surface area contributed by atoms with Gasteiger partial charge < -0.3 is 14.6 Å². The van der Waals surface area contributed by atoms with Gasteiger partial charge in [-0.2, -0.15) is 0 Å². The highest BCUT2D eigenvalue weighted by Gasteiger charge is 2.07. The Labute approximate surface area is 142 Å². The molecule has 2 rings (SSSR count). The minimum Gasteiger partial charge on any atom is -0.490 e. The molecule has 0 atom stereocenters. The van der Waals surface area contributed by atoms with E-state index in [9.17, 15) is 9.18 Å². The van der Waals surface area contributed by atoms with Gasteiger partial charge in [0.05, 0.1) is 0 Å². The first-order chi connectivity index (χ1) is 11.0. The van der Waals surface area contributed by atoms with Crippen molar-refractivity contribution < 1.29 is 23.8 Å². The van der Waals surface area contributed by atoms with Crippen molar-refractivity contribution in [1.29, 1.82) is 0 Å². The fraction of sp³-hybridized carbons (Fsp3) is 0.235. The second kappa shape index (κ2) is 8.53. The Hall–Kier alpha value is -2.08. The molecule has 0 fully saturated rings. The van der Waals surface area contributed by atoms with E-state index in [0.717, 1.165) is 10.0 Å². The molecule has 0 bridgehead atoms. The maximum atomic E-state index is 12.8. The van der Waals surface area contributed by atoms with Gasteiger partial charge in [-0.05, 0) is 54.4 Å². The van der Waals surface area contributed by atoms with Crippen LogP contribution >= 0.6 is 15.9 Å². The number of aryl methyl sites for hydroxylation is 1. The van der Waals surface area contributed by atoms with E-state index in [1.807, 2.05) is 12.1 Å². The predicted octanol–water partition coefficient (Wildman–Crippen LogP) is 4.06. The fourth-order valence-electron chi connectivity index (χ4n) is 1.97. The average Bonchev–Trinajstić information content (AvgIpc) is 2.52. The maximum Gasteiger partial charge on any atom is 0.303 e. The molecule has 6 heteroatoms. The Morgan fingerprint density at radius 1 is 1.09 bits per heavy atom.